The summed E-state index contributed by atoms with van der Waals surface area (Å²) in [7, 11) is 0. The number of epoxide rings is 1. The first-order valence-corrected chi connectivity index (χ1v) is 4.56. The predicted octanol–water partition coefficient (Wildman–Crippen LogP) is 1.67. The van der Waals surface area contributed by atoms with Crippen molar-refractivity contribution in [3.05, 3.63) is 12.2 Å². The Morgan fingerprint density at radius 1 is 1.69 bits per heavy atom. The molecule has 1 aliphatic rings. The summed E-state index contributed by atoms with van der Waals surface area (Å²) in [4.78, 5) is 11.0. The molecule has 1 fully saturated rings. The average Bonchev–Trinajstić information content (AvgIpc) is 2.85. The van der Waals surface area contributed by atoms with Crippen LogP contribution in [0.3, 0.4) is 0 Å². The van der Waals surface area contributed by atoms with Crippen LogP contribution in [0.15, 0.2) is 12.2 Å². The first-order valence-electron chi connectivity index (χ1n) is 4.56. The van der Waals surface area contributed by atoms with Gasteiger partial charge in [-0.05, 0) is 13.3 Å². The monoisotopic (exact) mass is 184 g/mol. The van der Waals surface area contributed by atoms with Gasteiger partial charge < -0.3 is 9.47 Å². The molecule has 0 N–H and O–H groups in total. The Morgan fingerprint density at radius 2 is 2.31 bits per heavy atom. The quantitative estimate of drug-likeness (QED) is 0.370. The largest absolute Gasteiger partial charge is 0.462 e. The van der Waals surface area contributed by atoms with Crippen LogP contribution < -0.4 is 0 Å². The maximum absolute atomic E-state index is 11.0. The Labute approximate surface area is 78.7 Å². The van der Waals surface area contributed by atoms with Gasteiger partial charge in [-0.25, -0.2) is 4.79 Å². The summed E-state index contributed by atoms with van der Waals surface area (Å²) in [5, 5.41) is 0. The highest BCUT2D eigenvalue weighted by molar-refractivity contribution is 5.86. The van der Waals surface area contributed by atoms with Crippen molar-refractivity contribution in [3.8, 4) is 0 Å². The molecule has 13 heavy (non-hydrogen) atoms. The molecule has 3 heteroatoms. The Morgan fingerprint density at radius 3 is 2.69 bits per heavy atom. The number of rotatable bonds is 5. The maximum atomic E-state index is 11.0. The molecular formula is C10H16O3. The van der Waals surface area contributed by atoms with Crippen LogP contribution in [0.2, 0.25) is 0 Å². The van der Waals surface area contributed by atoms with E-state index in [-0.39, 0.29) is 11.6 Å². The van der Waals surface area contributed by atoms with Gasteiger partial charge in [0.2, 0.25) is 0 Å². The van der Waals surface area contributed by atoms with Crippen molar-refractivity contribution >= 4 is 5.97 Å². The lowest BCUT2D eigenvalue weighted by Gasteiger charge is -2.08. The third-order valence-electron chi connectivity index (χ3n) is 2.34. The van der Waals surface area contributed by atoms with Gasteiger partial charge in [0, 0.05) is 12.0 Å². The molecule has 0 aromatic heterocycles. The summed E-state index contributed by atoms with van der Waals surface area (Å²) < 4.78 is 10.2. The maximum Gasteiger partial charge on any atom is 0.333 e. The number of hydrogen-bond acceptors (Lipinski definition) is 3. The van der Waals surface area contributed by atoms with Crippen molar-refractivity contribution in [2.24, 2.45) is 0 Å². The van der Waals surface area contributed by atoms with Crippen LogP contribution in [0, 0.1) is 0 Å². The van der Waals surface area contributed by atoms with Gasteiger partial charge in [-0.15, -0.1) is 0 Å². The lowest BCUT2D eigenvalue weighted by Crippen LogP contribution is -2.15. The molecule has 1 saturated heterocycles. The second kappa shape index (κ2) is 3.92. The smallest absolute Gasteiger partial charge is 0.333 e. The zero-order valence-corrected chi connectivity index (χ0v) is 8.26. The molecule has 74 valence electrons. The van der Waals surface area contributed by atoms with Crippen molar-refractivity contribution < 1.29 is 14.3 Å². The zero-order valence-electron chi connectivity index (χ0n) is 8.26. The summed E-state index contributed by atoms with van der Waals surface area (Å²) in [5.74, 6) is -0.313. The van der Waals surface area contributed by atoms with E-state index in [1.165, 1.54) is 0 Å². The third-order valence-corrected chi connectivity index (χ3v) is 2.34. The van der Waals surface area contributed by atoms with Gasteiger partial charge in [0.1, 0.15) is 0 Å². The van der Waals surface area contributed by atoms with E-state index in [0.29, 0.717) is 12.2 Å². The molecule has 0 amide bonds. The normalized spacial score (nSPS) is 25.4. The van der Waals surface area contributed by atoms with Crippen LogP contribution in [-0.2, 0) is 14.3 Å². The van der Waals surface area contributed by atoms with Crippen LogP contribution in [-0.4, -0.2) is 24.8 Å². The molecular weight excluding hydrogens is 168 g/mol. The van der Waals surface area contributed by atoms with Crippen molar-refractivity contribution in [2.75, 3.05) is 13.2 Å². The Kier molecular flexibility index (Phi) is 3.09. The van der Waals surface area contributed by atoms with Crippen molar-refractivity contribution in [3.63, 3.8) is 0 Å². The molecule has 3 nitrogen and oxygen atoms in total. The fourth-order valence-electron chi connectivity index (χ4n) is 1.08. The minimum absolute atomic E-state index is 0.00928. The summed E-state index contributed by atoms with van der Waals surface area (Å²) >= 11 is 0. The zero-order chi connectivity index (χ0) is 9.90. The molecule has 0 aliphatic carbocycles. The second-order valence-corrected chi connectivity index (χ2v) is 3.49. The fraction of sp³-hybridized carbons (Fsp3) is 0.700. The molecule has 0 radical (unpaired) electrons. The van der Waals surface area contributed by atoms with Gasteiger partial charge in [0.05, 0.1) is 18.8 Å². The van der Waals surface area contributed by atoms with E-state index in [0.717, 1.165) is 19.4 Å². The van der Waals surface area contributed by atoms with Crippen molar-refractivity contribution in [1.29, 1.82) is 0 Å². The molecule has 0 spiro atoms. The minimum Gasteiger partial charge on any atom is -0.462 e. The van der Waals surface area contributed by atoms with Gasteiger partial charge in [-0.3, -0.25) is 0 Å². The van der Waals surface area contributed by atoms with Crippen LogP contribution in [0.5, 0.6) is 0 Å². The van der Waals surface area contributed by atoms with Gasteiger partial charge in [-0.2, -0.15) is 0 Å². The molecule has 1 aliphatic heterocycles. The predicted molar refractivity (Wildman–Crippen MR) is 49.4 cm³/mol. The van der Waals surface area contributed by atoms with Gasteiger partial charge in [-0.1, -0.05) is 13.5 Å². The molecule has 0 saturated carbocycles. The van der Waals surface area contributed by atoms with Gasteiger partial charge >= 0.3 is 5.97 Å². The number of carbonyl (C=O) groups is 1. The first-order chi connectivity index (χ1) is 6.09. The molecule has 0 bridgehead atoms. The highest BCUT2D eigenvalue weighted by Crippen LogP contribution is 2.34. The van der Waals surface area contributed by atoms with Gasteiger partial charge in [0.25, 0.3) is 0 Å². The van der Waals surface area contributed by atoms with E-state index in [9.17, 15) is 4.79 Å². The average molecular weight is 184 g/mol. The lowest BCUT2D eigenvalue weighted by molar-refractivity contribution is -0.139. The minimum atomic E-state index is -0.313. The van der Waals surface area contributed by atoms with E-state index in [4.69, 9.17) is 9.47 Å². The second-order valence-electron chi connectivity index (χ2n) is 3.49. The van der Waals surface area contributed by atoms with E-state index >= 15 is 0 Å². The van der Waals surface area contributed by atoms with Crippen LogP contribution in [0.25, 0.3) is 0 Å². The number of carbonyl (C=O) groups excluding carboxylic acids is 1. The topological polar surface area (TPSA) is 38.8 Å². The first kappa shape index (κ1) is 10.3. The molecule has 1 heterocycles. The molecule has 0 aromatic carbocycles. The standard InChI is InChI=1S/C10H16O3/c1-4-10(7-13-10)5-6-12-9(11)8(2)3/h2,4-7H2,1,3H3. The summed E-state index contributed by atoms with van der Waals surface area (Å²) in [6.45, 7) is 8.45. The van der Waals surface area contributed by atoms with E-state index in [1.54, 1.807) is 6.92 Å². The fourth-order valence-corrected chi connectivity index (χ4v) is 1.08. The highest BCUT2D eigenvalue weighted by atomic mass is 16.6. The summed E-state index contributed by atoms with van der Waals surface area (Å²) in [6, 6.07) is 0. The van der Waals surface area contributed by atoms with Crippen molar-refractivity contribution in [1.82, 2.24) is 0 Å². The number of esters is 1. The van der Waals surface area contributed by atoms with E-state index in [1.807, 2.05) is 0 Å². The molecule has 1 unspecified atom stereocenters. The summed E-state index contributed by atoms with van der Waals surface area (Å²) in [6.07, 6.45) is 1.78. The summed E-state index contributed by atoms with van der Waals surface area (Å²) in [5.41, 5.74) is 0.456. The van der Waals surface area contributed by atoms with E-state index in [2.05, 4.69) is 13.5 Å². The Hall–Kier alpha value is -0.830. The van der Waals surface area contributed by atoms with Crippen LogP contribution >= 0.6 is 0 Å². The number of ether oxygens (including phenoxy) is 2. The Balaban J connectivity index is 2.14. The molecule has 1 atom stereocenters. The number of hydrogen-bond donors (Lipinski definition) is 0. The third kappa shape index (κ3) is 2.84. The van der Waals surface area contributed by atoms with Gasteiger partial charge in [0.15, 0.2) is 0 Å². The SMILES string of the molecule is C=C(C)C(=O)OCCC1(CC)CO1. The molecule has 0 aromatic rings. The molecule has 1 rings (SSSR count). The van der Waals surface area contributed by atoms with Crippen LogP contribution in [0.4, 0.5) is 0 Å². The van der Waals surface area contributed by atoms with E-state index < -0.39 is 0 Å². The van der Waals surface area contributed by atoms with Crippen LogP contribution in [0.1, 0.15) is 26.7 Å². The van der Waals surface area contributed by atoms with Crippen molar-refractivity contribution in [2.45, 2.75) is 32.3 Å². The highest BCUT2D eigenvalue weighted by Gasteiger charge is 2.42. The Bertz CT molecular complexity index is 216. The lowest BCUT2D eigenvalue weighted by atomic mass is 10.1.